The average Bonchev–Trinajstić information content (AvgIpc) is 3.28. The Labute approximate surface area is 170 Å². The highest BCUT2D eigenvalue weighted by Gasteiger charge is 2.26. The largest absolute Gasteiger partial charge is 0.494 e. The summed E-state index contributed by atoms with van der Waals surface area (Å²) in [6.07, 6.45) is 1.50. The number of nitrogens with one attached hydrogen (secondary N) is 2. The van der Waals surface area contributed by atoms with Crippen molar-refractivity contribution in [1.29, 1.82) is 0 Å². The number of benzene rings is 1. The molecule has 0 spiro atoms. The van der Waals surface area contributed by atoms with Gasteiger partial charge in [0.15, 0.2) is 12.3 Å². The summed E-state index contributed by atoms with van der Waals surface area (Å²) in [4.78, 5) is 27.3. The number of carbonyl (C=O) groups is 2. The van der Waals surface area contributed by atoms with Gasteiger partial charge in [-0.1, -0.05) is 0 Å². The molecule has 1 aliphatic rings. The van der Waals surface area contributed by atoms with Crippen LogP contribution in [0.3, 0.4) is 0 Å². The summed E-state index contributed by atoms with van der Waals surface area (Å²) in [5.41, 5.74) is 0. The van der Waals surface area contributed by atoms with Crippen molar-refractivity contribution in [1.82, 2.24) is 10.2 Å². The normalized spacial score (nSPS) is 14.4. The number of amides is 2. The standard InChI is InChI=1S/C21H27N3O5/c1-2-27-17-5-7-18(8-6-17)28-15-9-22-20(25)16-23-10-12-24(13-11-23)21(26)19-4-3-14-29-19/h3-8,14H,2,9-13,15-16H2,1H3,(H,22,25)/p+1. The van der Waals surface area contributed by atoms with Crippen LogP contribution in [0.1, 0.15) is 17.5 Å². The highest BCUT2D eigenvalue weighted by Crippen LogP contribution is 2.17. The summed E-state index contributed by atoms with van der Waals surface area (Å²) < 4.78 is 16.2. The van der Waals surface area contributed by atoms with Crippen LogP contribution in [-0.2, 0) is 4.79 Å². The van der Waals surface area contributed by atoms with Crippen LogP contribution in [0, 0.1) is 0 Å². The Kier molecular flexibility index (Phi) is 7.52. The van der Waals surface area contributed by atoms with Crippen molar-refractivity contribution in [2.75, 3.05) is 52.5 Å². The molecule has 0 radical (unpaired) electrons. The van der Waals surface area contributed by atoms with Gasteiger partial charge < -0.3 is 29.0 Å². The minimum Gasteiger partial charge on any atom is -0.494 e. The van der Waals surface area contributed by atoms with E-state index in [1.165, 1.54) is 11.2 Å². The molecule has 1 fully saturated rings. The molecule has 2 heterocycles. The Morgan fingerprint density at radius 1 is 1.10 bits per heavy atom. The van der Waals surface area contributed by atoms with Crippen molar-refractivity contribution in [3.63, 3.8) is 0 Å². The van der Waals surface area contributed by atoms with Crippen molar-refractivity contribution in [3.8, 4) is 11.5 Å². The molecule has 3 rings (SSSR count). The first-order valence-corrected chi connectivity index (χ1v) is 9.94. The van der Waals surface area contributed by atoms with Crippen LogP contribution in [0.2, 0.25) is 0 Å². The van der Waals surface area contributed by atoms with Gasteiger partial charge in [0.2, 0.25) is 0 Å². The smallest absolute Gasteiger partial charge is 0.289 e. The molecule has 0 unspecified atom stereocenters. The van der Waals surface area contributed by atoms with Crippen molar-refractivity contribution < 1.29 is 28.4 Å². The highest BCUT2D eigenvalue weighted by atomic mass is 16.5. The molecule has 0 aliphatic carbocycles. The number of ether oxygens (including phenoxy) is 2. The summed E-state index contributed by atoms with van der Waals surface area (Å²) in [6, 6.07) is 10.8. The Balaban J connectivity index is 1.29. The number of quaternary nitrogens is 1. The first-order valence-electron chi connectivity index (χ1n) is 9.94. The lowest BCUT2D eigenvalue weighted by Gasteiger charge is -2.31. The molecule has 156 valence electrons. The fraction of sp³-hybridized carbons (Fsp3) is 0.429. The van der Waals surface area contributed by atoms with E-state index in [2.05, 4.69) is 5.32 Å². The van der Waals surface area contributed by atoms with E-state index < -0.39 is 0 Å². The maximum Gasteiger partial charge on any atom is 0.289 e. The number of nitrogens with zero attached hydrogens (tertiary/aromatic N) is 1. The SMILES string of the molecule is CCOc1ccc(OCCNC(=O)C[NH+]2CCN(C(=O)c3ccco3)CC2)cc1. The molecule has 29 heavy (non-hydrogen) atoms. The molecule has 2 amide bonds. The van der Waals surface area contributed by atoms with Crippen molar-refractivity contribution in [3.05, 3.63) is 48.4 Å². The second-order valence-electron chi connectivity index (χ2n) is 6.80. The Morgan fingerprint density at radius 3 is 2.41 bits per heavy atom. The predicted octanol–water partition coefficient (Wildman–Crippen LogP) is 0.214. The monoisotopic (exact) mass is 402 g/mol. The van der Waals surface area contributed by atoms with Gasteiger partial charge in [0.25, 0.3) is 11.8 Å². The van der Waals surface area contributed by atoms with E-state index in [9.17, 15) is 9.59 Å². The number of hydrogen-bond donors (Lipinski definition) is 2. The van der Waals surface area contributed by atoms with Gasteiger partial charge in [0.1, 0.15) is 18.1 Å². The lowest BCUT2D eigenvalue weighted by molar-refractivity contribution is -0.896. The summed E-state index contributed by atoms with van der Waals surface area (Å²) in [5.74, 6) is 1.80. The van der Waals surface area contributed by atoms with E-state index in [1.807, 2.05) is 31.2 Å². The Hall–Kier alpha value is -3.00. The molecule has 1 aromatic heterocycles. The topological polar surface area (TPSA) is 85.5 Å². The zero-order chi connectivity index (χ0) is 20.5. The van der Waals surface area contributed by atoms with Crippen LogP contribution < -0.4 is 19.7 Å². The van der Waals surface area contributed by atoms with Crippen LogP contribution >= 0.6 is 0 Å². The predicted molar refractivity (Wildman–Crippen MR) is 106 cm³/mol. The molecule has 1 aromatic carbocycles. The minimum absolute atomic E-state index is 0.0129. The molecule has 2 aromatic rings. The maximum atomic E-state index is 12.3. The maximum absolute atomic E-state index is 12.3. The molecule has 1 aliphatic heterocycles. The van der Waals surface area contributed by atoms with Crippen LogP contribution in [0.25, 0.3) is 0 Å². The quantitative estimate of drug-likeness (QED) is 0.586. The molecule has 8 heteroatoms. The summed E-state index contributed by atoms with van der Waals surface area (Å²) in [7, 11) is 0. The van der Waals surface area contributed by atoms with Crippen molar-refractivity contribution >= 4 is 11.8 Å². The first kappa shape index (κ1) is 20.7. The van der Waals surface area contributed by atoms with Crippen LogP contribution in [0.5, 0.6) is 11.5 Å². The number of hydrogen-bond acceptors (Lipinski definition) is 5. The third-order valence-electron chi connectivity index (χ3n) is 4.73. The van der Waals surface area contributed by atoms with E-state index in [1.54, 1.807) is 17.0 Å². The molecule has 2 N–H and O–H groups in total. The van der Waals surface area contributed by atoms with Crippen molar-refractivity contribution in [2.45, 2.75) is 6.92 Å². The van der Waals surface area contributed by atoms with Gasteiger partial charge in [0, 0.05) is 0 Å². The number of furan rings is 1. The van der Waals surface area contributed by atoms with E-state index in [0.29, 0.717) is 45.2 Å². The van der Waals surface area contributed by atoms with Gasteiger partial charge in [-0.25, -0.2) is 0 Å². The highest BCUT2D eigenvalue weighted by molar-refractivity contribution is 5.91. The second kappa shape index (κ2) is 10.5. The summed E-state index contributed by atoms with van der Waals surface area (Å²) >= 11 is 0. The molecule has 0 bridgehead atoms. The third-order valence-corrected chi connectivity index (χ3v) is 4.73. The lowest BCUT2D eigenvalue weighted by atomic mass is 10.3. The molecular weight excluding hydrogens is 374 g/mol. The fourth-order valence-corrected chi connectivity index (χ4v) is 3.21. The molecule has 1 saturated heterocycles. The lowest BCUT2D eigenvalue weighted by Crippen LogP contribution is -3.15. The van der Waals surface area contributed by atoms with E-state index in [4.69, 9.17) is 13.9 Å². The first-order chi connectivity index (χ1) is 14.2. The molecule has 8 nitrogen and oxygen atoms in total. The van der Waals surface area contributed by atoms with Gasteiger partial charge >= 0.3 is 0 Å². The zero-order valence-corrected chi connectivity index (χ0v) is 16.7. The van der Waals surface area contributed by atoms with E-state index in [0.717, 1.165) is 24.6 Å². The van der Waals surface area contributed by atoms with E-state index in [-0.39, 0.29) is 11.8 Å². The number of rotatable bonds is 9. The number of piperazine rings is 1. The van der Waals surface area contributed by atoms with Crippen LogP contribution in [-0.4, -0.2) is 69.2 Å². The van der Waals surface area contributed by atoms with Crippen molar-refractivity contribution in [2.24, 2.45) is 0 Å². The number of carbonyl (C=O) groups excluding carboxylic acids is 2. The van der Waals surface area contributed by atoms with Gasteiger partial charge in [0.05, 0.1) is 45.6 Å². The van der Waals surface area contributed by atoms with Gasteiger partial charge in [-0.3, -0.25) is 9.59 Å². The Morgan fingerprint density at radius 2 is 1.79 bits per heavy atom. The molecule has 0 atom stereocenters. The summed E-state index contributed by atoms with van der Waals surface area (Å²) in [5, 5.41) is 2.88. The zero-order valence-electron chi connectivity index (χ0n) is 16.7. The van der Waals surface area contributed by atoms with E-state index >= 15 is 0 Å². The third kappa shape index (κ3) is 6.25. The summed E-state index contributed by atoms with van der Waals surface area (Å²) in [6.45, 7) is 6.52. The van der Waals surface area contributed by atoms with Crippen LogP contribution in [0.4, 0.5) is 0 Å². The second-order valence-corrected chi connectivity index (χ2v) is 6.80. The molecule has 0 saturated carbocycles. The van der Waals surface area contributed by atoms with Gasteiger partial charge in [-0.15, -0.1) is 0 Å². The van der Waals surface area contributed by atoms with Gasteiger partial charge in [-0.2, -0.15) is 0 Å². The van der Waals surface area contributed by atoms with Gasteiger partial charge in [-0.05, 0) is 43.3 Å². The van der Waals surface area contributed by atoms with Crippen LogP contribution in [0.15, 0.2) is 47.1 Å². The molecular formula is C21H28N3O5+. The minimum atomic E-state index is -0.0926. The average molecular weight is 402 g/mol. The fourth-order valence-electron chi connectivity index (χ4n) is 3.21. The Bertz CT molecular complexity index is 768.